The van der Waals surface area contributed by atoms with E-state index in [0.717, 1.165) is 6.42 Å². The van der Waals surface area contributed by atoms with E-state index in [1.165, 1.54) is 6.08 Å². The number of allylic oxidation sites excluding steroid dienone is 1. The Bertz CT molecular complexity index is 380. The summed E-state index contributed by atoms with van der Waals surface area (Å²) >= 11 is 0. The average Bonchev–Trinajstić information content (AvgIpc) is 3.12. The Morgan fingerprint density at radius 1 is 1.38 bits per heavy atom. The molecular weight excluding hydrogens is 276 g/mol. The van der Waals surface area contributed by atoms with Crippen molar-refractivity contribution < 1.29 is 28.8 Å². The van der Waals surface area contributed by atoms with Crippen molar-refractivity contribution in [1.82, 2.24) is 0 Å². The highest BCUT2D eigenvalue weighted by Crippen LogP contribution is 2.36. The Hall–Kier alpha value is -0.950. The lowest BCUT2D eigenvalue weighted by molar-refractivity contribution is -0.238. The molecular formula is C15H24O6. The van der Waals surface area contributed by atoms with Crippen LogP contribution in [-0.4, -0.2) is 48.1 Å². The van der Waals surface area contributed by atoms with E-state index in [2.05, 4.69) is 0 Å². The molecule has 2 saturated heterocycles. The molecule has 0 amide bonds. The first-order valence-electron chi connectivity index (χ1n) is 7.47. The van der Waals surface area contributed by atoms with Crippen molar-refractivity contribution in [3.05, 3.63) is 12.2 Å². The monoisotopic (exact) mass is 300 g/mol. The fourth-order valence-electron chi connectivity index (χ4n) is 2.19. The maximum atomic E-state index is 11.3. The first kappa shape index (κ1) is 16.4. The van der Waals surface area contributed by atoms with Crippen LogP contribution in [0.5, 0.6) is 0 Å². The predicted molar refractivity (Wildman–Crippen MR) is 74.3 cm³/mol. The normalized spacial score (nSPS) is 33.0. The first-order valence-corrected chi connectivity index (χ1v) is 7.47. The molecule has 2 aliphatic rings. The summed E-state index contributed by atoms with van der Waals surface area (Å²) in [5.74, 6) is -0.332. The smallest absolute Gasteiger partial charge is 0.330 e. The van der Waals surface area contributed by atoms with Crippen LogP contribution in [0.4, 0.5) is 0 Å². The van der Waals surface area contributed by atoms with Crippen LogP contribution in [-0.2, 0) is 23.7 Å². The zero-order chi connectivity index (χ0) is 15.4. The molecule has 3 unspecified atom stereocenters. The molecule has 0 spiro atoms. The Morgan fingerprint density at radius 2 is 2.14 bits per heavy atom. The van der Waals surface area contributed by atoms with Gasteiger partial charge in [-0.3, -0.25) is 0 Å². The molecule has 2 heterocycles. The number of carbonyl (C=O) groups is 1. The van der Waals surface area contributed by atoms with E-state index in [-0.39, 0.29) is 30.6 Å². The molecule has 0 bridgehead atoms. The molecule has 0 aromatic rings. The standard InChI is InChI=1S/C15H24O6/c1-9(2)18-13(17)7-5-4-6-10(3)19-14-11(16)8-12-15(20-12)21-14/h5,7,9-12,14-16H,4,6,8H2,1-3H3/b7-5+/t10-,11?,12-,14?,15?/m1/s1. The van der Waals surface area contributed by atoms with E-state index in [4.69, 9.17) is 18.9 Å². The maximum absolute atomic E-state index is 11.3. The van der Waals surface area contributed by atoms with Crippen LogP contribution < -0.4 is 0 Å². The number of hydrogen-bond acceptors (Lipinski definition) is 6. The number of fused-ring (bicyclic) bond motifs is 1. The highest BCUT2D eigenvalue weighted by Gasteiger charge is 2.50. The number of esters is 1. The van der Waals surface area contributed by atoms with Gasteiger partial charge >= 0.3 is 5.97 Å². The van der Waals surface area contributed by atoms with Crippen molar-refractivity contribution in [2.45, 2.75) is 77.0 Å². The molecule has 2 aliphatic heterocycles. The molecule has 0 aromatic carbocycles. The van der Waals surface area contributed by atoms with Gasteiger partial charge in [-0.2, -0.15) is 0 Å². The SMILES string of the molecule is CC(C)OC(=O)/C=C/CC[C@@H](C)OC1OC2O[C@@H]2CC1O. The minimum atomic E-state index is -0.646. The molecule has 2 fully saturated rings. The quantitative estimate of drug-likeness (QED) is 0.436. The van der Waals surface area contributed by atoms with Gasteiger partial charge in [-0.15, -0.1) is 0 Å². The van der Waals surface area contributed by atoms with Crippen molar-refractivity contribution in [3.63, 3.8) is 0 Å². The number of rotatable bonds is 7. The molecule has 1 N–H and O–H groups in total. The molecule has 0 saturated carbocycles. The molecule has 0 radical (unpaired) electrons. The average molecular weight is 300 g/mol. The maximum Gasteiger partial charge on any atom is 0.330 e. The molecule has 0 aliphatic carbocycles. The van der Waals surface area contributed by atoms with E-state index in [9.17, 15) is 9.90 Å². The molecule has 5 atom stereocenters. The van der Waals surface area contributed by atoms with Gasteiger partial charge in [0.15, 0.2) is 12.6 Å². The Kier molecular flexibility index (Phi) is 5.75. The van der Waals surface area contributed by atoms with Gasteiger partial charge in [-0.1, -0.05) is 6.08 Å². The van der Waals surface area contributed by atoms with Crippen LogP contribution in [0.15, 0.2) is 12.2 Å². The minimum absolute atomic E-state index is 0.0325. The zero-order valence-corrected chi connectivity index (χ0v) is 12.7. The van der Waals surface area contributed by atoms with Gasteiger partial charge < -0.3 is 24.1 Å². The number of carbonyl (C=O) groups excluding carboxylic acids is 1. The van der Waals surface area contributed by atoms with Crippen LogP contribution in [0.1, 0.15) is 40.0 Å². The largest absolute Gasteiger partial charge is 0.460 e. The summed E-state index contributed by atoms with van der Waals surface area (Å²) in [6.07, 6.45) is 3.54. The Labute approximate surface area is 125 Å². The van der Waals surface area contributed by atoms with Crippen LogP contribution in [0, 0.1) is 0 Å². The van der Waals surface area contributed by atoms with Crippen LogP contribution in [0.25, 0.3) is 0 Å². The number of aliphatic hydroxyl groups excluding tert-OH is 1. The highest BCUT2D eigenvalue weighted by molar-refractivity contribution is 5.81. The zero-order valence-electron chi connectivity index (χ0n) is 12.7. The first-order chi connectivity index (χ1) is 9.95. The number of epoxide rings is 1. The van der Waals surface area contributed by atoms with Crippen molar-refractivity contribution in [2.24, 2.45) is 0 Å². The molecule has 120 valence electrons. The lowest BCUT2D eigenvalue weighted by Gasteiger charge is -2.28. The second kappa shape index (κ2) is 7.35. The van der Waals surface area contributed by atoms with Gasteiger partial charge in [0, 0.05) is 12.5 Å². The Morgan fingerprint density at radius 3 is 2.86 bits per heavy atom. The summed E-state index contributed by atoms with van der Waals surface area (Å²) in [6, 6.07) is 0. The number of aliphatic hydroxyl groups is 1. The third kappa shape index (κ3) is 5.39. The van der Waals surface area contributed by atoms with E-state index < -0.39 is 12.4 Å². The van der Waals surface area contributed by atoms with Gasteiger partial charge in [0.05, 0.1) is 12.2 Å². The Balaban J connectivity index is 1.62. The second-order valence-electron chi connectivity index (χ2n) is 5.76. The van der Waals surface area contributed by atoms with E-state index in [1.54, 1.807) is 6.08 Å². The van der Waals surface area contributed by atoms with Gasteiger partial charge in [-0.05, 0) is 33.6 Å². The lowest BCUT2D eigenvalue weighted by Crippen LogP contribution is -2.40. The summed E-state index contributed by atoms with van der Waals surface area (Å²) in [4.78, 5) is 11.3. The van der Waals surface area contributed by atoms with Gasteiger partial charge in [0.1, 0.15) is 12.2 Å². The predicted octanol–water partition coefficient (Wildman–Crippen LogP) is 1.51. The van der Waals surface area contributed by atoms with E-state index in [1.807, 2.05) is 20.8 Å². The summed E-state index contributed by atoms with van der Waals surface area (Å²) < 4.78 is 21.3. The van der Waals surface area contributed by atoms with Crippen molar-refractivity contribution >= 4 is 5.97 Å². The third-order valence-corrected chi connectivity index (χ3v) is 3.30. The summed E-state index contributed by atoms with van der Waals surface area (Å²) in [6.45, 7) is 5.53. The van der Waals surface area contributed by atoms with Crippen molar-refractivity contribution in [1.29, 1.82) is 0 Å². The van der Waals surface area contributed by atoms with Crippen molar-refractivity contribution in [2.75, 3.05) is 0 Å². The third-order valence-electron chi connectivity index (χ3n) is 3.30. The molecule has 6 heteroatoms. The minimum Gasteiger partial charge on any atom is -0.460 e. The highest BCUT2D eigenvalue weighted by atomic mass is 16.8. The van der Waals surface area contributed by atoms with Crippen LogP contribution in [0.3, 0.4) is 0 Å². The second-order valence-corrected chi connectivity index (χ2v) is 5.76. The van der Waals surface area contributed by atoms with Crippen LogP contribution >= 0.6 is 0 Å². The molecule has 21 heavy (non-hydrogen) atoms. The molecule has 0 aromatic heterocycles. The van der Waals surface area contributed by atoms with Gasteiger partial charge in [0.2, 0.25) is 0 Å². The topological polar surface area (TPSA) is 77.5 Å². The number of hydrogen-bond donors (Lipinski definition) is 1. The summed E-state index contributed by atoms with van der Waals surface area (Å²) in [5, 5.41) is 9.84. The van der Waals surface area contributed by atoms with Gasteiger partial charge in [-0.25, -0.2) is 4.79 Å². The number of ether oxygens (including phenoxy) is 4. The van der Waals surface area contributed by atoms with Crippen LogP contribution in [0.2, 0.25) is 0 Å². The molecule has 2 rings (SSSR count). The molecule has 6 nitrogen and oxygen atoms in total. The lowest BCUT2D eigenvalue weighted by atomic mass is 10.1. The van der Waals surface area contributed by atoms with E-state index in [0.29, 0.717) is 12.8 Å². The fourth-order valence-corrected chi connectivity index (χ4v) is 2.19. The summed E-state index contributed by atoms with van der Waals surface area (Å²) in [5.41, 5.74) is 0. The van der Waals surface area contributed by atoms with E-state index >= 15 is 0 Å². The fraction of sp³-hybridized carbons (Fsp3) is 0.800. The van der Waals surface area contributed by atoms with Gasteiger partial charge in [0.25, 0.3) is 0 Å². The van der Waals surface area contributed by atoms with Crippen molar-refractivity contribution in [3.8, 4) is 0 Å². The summed E-state index contributed by atoms with van der Waals surface area (Å²) in [7, 11) is 0.